The summed E-state index contributed by atoms with van der Waals surface area (Å²) in [6.07, 6.45) is 1.59. The van der Waals surface area contributed by atoms with Gasteiger partial charge in [0.2, 0.25) is 11.8 Å². The summed E-state index contributed by atoms with van der Waals surface area (Å²) in [5, 5.41) is 0. The van der Waals surface area contributed by atoms with E-state index in [0.717, 1.165) is 11.3 Å². The van der Waals surface area contributed by atoms with Gasteiger partial charge in [0.25, 0.3) is 0 Å². The first-order valence-electron chi connectivity index (χ1n) is 6.34. The standard InChI is InChI=1S/C15H18BrN3O/c1-9-5-6-12(10(7-9)15(2,3)4)20-13-11(16)8-18-14(17)19-13/h5-8H,1-4H3,(H2,17,18,19). The van der Waals surface area contributed by atoms with Gasteiger partial charge in [-0.3, -0.25) is 0 Å². The number of nitrogens with zero attached hydrogens (tertiary/aromatic N) is 2. The van der Waals surface area contributed by atoms with Crippen LogP contribution >= 0.6 is 15.9 Å². The van der Waals surface area contributed by atoms with Crippen molar-refractivity contribution in [3.05, 3.63) is 40.0 Å². The molecule has 0 radical (unpaired) electrons. The minimum atomic E-state index is -0.0214. The second-order valence-corrected chi connectivity index (χ2v) is 6.59. The van der Waals surface area contributed by atoms with E-state index in [9.17, 15) is 0 Å². The molecule has 0 bridgehead atoms. The average Bonchev–Trinajstić information content (AvgIpc) is 2.34. The molecule has 0 aliphatic heterocycles. The first kappa shape index (κ1) is 14.8. The highest BCUT2D eigenvalue weighted by Gasteiger charge is 2.20. The predicted molar refractivity (Wildman–Crippen MR) is 84.1 cm³/mol. The molecule has 0 saturated carbocycles. The topological polar surface area (TPSA) is 61.0 Å². The fraction of sp³-hybridized carbons (Fsp3) is 0.333. The van der Waals surface area contributed by atoms with E-state index >= 15 is 0 Å². The van der Waals surface area contributed by atoms with Crippen LogP contribution in [0.3, 0.4) is 0 Å². The van der Waals surface area contributed by atoms with Crippen molar-refractivity contribution in [2.24, 2.45) is 0 Å². The lowest BCUT2D eigenvalue weighted by Gasteiger charge is -2.23. The molecular weight excluding hydrogens is 318 g/mol. The van der Waals surface area contributed by atoms with Crippen molar-refractivity contribution < 1.29 is 4.74 Å². The molecule has 2 aromatic rings. The quantitative estimate of drug-likeness (QED) is 0.892. The van der Waals surface area contributed by atoms with Crippen LogP contribution in [0.5, 0.6) is 11.6 Å². The van der Waals surface area contributed by atoms with E-state index in [1.165, 1.54) is 5.56 Å². The summed E-state index contributed by atoms with van der Waals surface area (Å²) in [4.78, 5) is 8.02. The first-order chi connectivity index (χ1) is 9.27. The molecule has 0 saturated heterocycles. The Morgan fingerprint density at radius 1 is 1.25 bits per heavy atom. The van der Waals surface area contributed by atoms with Gasteiger partial charge in [0.15, 0.2) is 0 Å². The Labute approximate surface area is 127 Å². The van der Waals surface area contributed by atoms with Crippen LogP contribution in [0.1, 0.15) is 31.9 Å². The zero-order chi connectivity index (χ0) is 14.9. The molecular formula is C15H18BrN3O. The van der Waals surface area contributed by atoms with Crippen molar-refractivity contribution >= 4 is 21.9 Å². The summed E-state index contributed by atoms with van der Waals surface area (Å²) < 4.78 is 6.60. The van der Waals surface area contributed by atoms with E-state index in [1.54, 1.807) is 6.20 Å². The van der Waals surface area contributed by atoms with Gasteiger partial charge in [-0.2, -0.15) is 4.98 Å². The number of anilines is 1. The SMILES string of the molecule is Cc1ccc(Oc2nc(N)ncc2Br)c(C(C)(C)C)c1. The van der Waals surface area contributed by atoms with E-state index in [-0.39, 0.29) is 11.4 Å². The molecule has 2 N–H and O–H groups in total. The third-order valence-corrected chi connectivity index (χ3v) is 3.42. The number of rotatable bonds is 2. The van der Waals surface area contributed by atoms with Crippen molar-refractivity contribution in [3.63, 3.8) is 0 Å². The van der Waals surface area contributed by atoms with Crippen molar-refractivity contribution in [3.8, 4) is 11.6 Å². The lowest BCUT2D eigenvalue weighted by atomic mass is 9.85. The Bertz CT molecular complexity index is 636. The van der Waals surface area contributed by atoms with Crippen molar-refractivity contribution in [2.45, 2.75) is 33.1 Å². The molecule has 1 aromatic heterocycles. The molecule has 0 spiro atoms. The maximum absolute atomic E-state index is 5.92. The maximum atomic E-state index is 5.92. The van der Waals surface area contributed by atoms with Crippen molar-refractivity contribution in [1.82, 2.24) is 9.97 Å². The molecule has 0 aliphatic carbocycles. The summed E-state index contributed by atoms with van der Waals surface area (Å²) in [5.74, 6) is 1.39. The Morgan fingerprint density at radius 3 is 2.60 bits per heavy atom. The molecule has 0 atom stereocenters. The monoisotopic (exact) mass is 335 g/mol. The molecule has 0 amide bonds. The summed E-state index contributed by atoms with van der Waals surface area (Å²) >= 11 is 3.37. The van der Waals surface area contributed by atoms with Gasteiger partial charge in [-0.05, 0) is 34.3 Å². The van der Waals surface area contributed by atoms with Crippen LogP contribution in [-0.2, 0) is 5.41 Å². The fourth-order valence-electron chi connectivity index (χ4n) is 1.86. The van der Waals surface area contributed by atoms with Gasteiger partial charge in [-0.1, -0.05) is 38.5 Å². The Kier molecular flexibility index (Phi) is 3.99. The number of hydrogen-bond acceptors (Lipinski definition) is 4. The number of halogens is 1. The highest BCUT2D eigenvalue weighted by molar-refractivity contribution is 9.10. The molecule has 4 nitrogen and oxygen atoms in total. The number of ether oxygens (including phenoxy) is 1. The van der Waals surface area contributed by atoms with E-state index < -0.39 is 0 Å². The van der Waals surface area contributed by atoms with E-state index in [4.69, 9.17) is 10.5 Å². The predicted octanol–water partition coefficient (Wildman–Crippen LogP) is 4.22. The molecule has 1 aromatic carbocycles. The molecule has 5 heteroatoms. The van der Waals surface area contributed by atoms with Crippen LogP contribution in [0.2, 0.25) is 0 Å². The second-order valence-electron chi connectivity index (χ2n) is 5.73. The zero-order valence-corrected chi connectivity index (χ0v) is 13.7. The Balaban J connectivity index is 2.46. The molecule has 0 fully saturated rings. The van der Waals surface area contributed by atoms with E-state index in [0.29, 0.717) is 10.4 Å². The fourth-order valence-corrected chi connectivity index (χ4v) is 2.13. The van der Waals surface area contributed by atoms with Crippen LogP contribution in [-0.4, -0.2) is 9.97 Å². The van der Waals surface area contributed by atoms with Crippen LogP contribution in [0, 0.1) is 6.92 Å². The number of aryl methyl sites for hydroxylation is 1. The maximum Gasteiger partial charge on any atom is 0.238 e. The summed E-state index contributed by atoms with van der Waals surface area (Å²) in [6.45, 7) is 8.52. The lowest BCUT2D eigenvalue weighted by Crippen LogP contribution is -2.13. The van der Waals surface area contributed by atoms with Crippen LogP contribution < -0.4 is 10.5 Å². The van der Waals surface area contributed by atoms with Gasteiger partial charge in [-0.25, -0.2) is 4.98 Å². The Morgan fingerprint density at radius 2 is 1.95 bits per heavy atom. The minimum absolute atomic E-state index is 0.0214. The third-order valence-electron chi connectivity index (χ3n) is 2.88. The molecule has 2 rings (SSSR count). The van der Waals surface area contributed by atoms with E-state index in [1.807, 2.05) is 12.1 Å². The molecule has 1 heterocycles. The average molecular weight is 336 g/mol. The summed E-state index contributed by atoms with van der Waals surface area (Å²) in [5.41, 5.74) is 7.91. The van der Waals surface area contributed by atoms with Gasteiger partial charge in [-0.15, -0.1) is 0 Å². The second kappa shape index (κ2) is 5.40. The summed E-state index contributed by atoms with van der Waals surface area (Å²) in [7, 11) is 0. The largest absolute Gasteiger partial charge is 0.437 e. The smallest absolute Gasteiger partial charge is 0.238 e. The first-order valence-corrected chi connectivity index (χ1v) is 7.13. The normalized spacial score (nSPS) is 11.4. The number of nitrogen functional groups attached to an aromatic ring is 1. The van der Waals surface area contributed by atoms with Crippen molar-refractivity contribution in [2.75, 3.05) is 5.73 Å². The van der Waals surface area contributed by atoms with Gasteiger partial charge in [0.05, 0.1) is 10.7 Å². The molecule has 0 aliphatic rings. The molecule has 20 heavy (non-hydrogen) atoms. The summed E-state index contributed by atoms with van der Waals surface area (Å²) in [6, 6.07) is 6.11. The Hall–Kier alpha value is -1.62. The van der Waals surface area contributed by atoms with Gasteiger partial charge in [0.1, 0.15) is 5.75 Å². The zero-order valence-electron chi connectivity index (χ0n) is 12.1. The number of hydrogen-bond donors (Lipinski definition) is 1. The van der Waals surface area contributed by atoms with E-state index in [2.05, 4.69) is 59.7 Å². The third kappa shape index (κ3) is 3.28. The molecule has 0 unspecified atom stereocenters. The van der Waals surface area contributed by atoms with Crippen LogP contribution in [0.15, 0.2) is 28.9 Å². The lowest BCUT2D eigenvalue weighted by molar-refractivity contribution is 0.436. The number of nitrogens with two attached hydrogens (primary N) is 1. The number of benzene rings is 1. The van der Waals surface area contributed by atoms with Gasteiger partial charge < -0.3 is 10.5 Å². The molecule has 106 valence electrons. The van der Waals surface area contributed by atoms with Crippen molar-refractivity contribution in [1.29, 1.82) is 0 Å². The van der Waals surface area contributed by atoms with Gasteiger partial charge in [0, 0.05) is 5.56 Å². The number of aromatic nitrogens is 2. The van der Waals surface area contributed by atoms with Crippen LogP contribution in [0.25, 0.3) is 0 Å². The highest BCUT2D eigenvalue weighted by atomic mass is 79.9. The highest BCUT2D eigenvalue weighted by Crippen LogP contribution is 2.36. The van der Waals surface area contributed by atoms with Gasteiger partial charge >= 0.3 is 0 Å². The minimum Gasteiger partial charge on any atom is -0.437 e. The van der Waals surface area contributed by atoms with Crippen LogP contribution in [0.4, 0.5) is 5.95 Å².